The first-order valence-electron chi connectivity index (χ1n) is 17.3. The molecule has 3 rings (SSSR count). The molecule has 1 spiro atoms. The van der Waals surface area contributed by atoms with E-state index in [0.717, 1.165) is 19.3 Å². The average Bonchev–Trinajstić information content (AvgIpc) is 3.14. The third-order valence-electron chi connectivity index (χ3n) is 10.8. The van der Waals surface area contributed by atoms with Crippen molar-refractivity contribution in [3.05, 3.63) is 23.3 Å². The Kier molecular flexibility index (Phi) is 12.5. The highest BCUT2D eigenvalue weighted by Gasteiger charge is 2.73. The fourth-order valence-corrected chi connectivity index (χ4v) is 7.92. The van der Waals surface area contributed by atoms with Crippen LogP contribution in [0.1, 0.15) is 120 Å². The minimum Gasteiger partial charge on any atom is -0.461 e. The predicted octanol–water partition coefficient (Wildman–Crippen LogP) is 6.04. The molecule has 2 N–H and O–H groups in total. The van der Waals surface area contributed by atoms with E-state index in [4.69, 9.17) is 14.2 Å². The maximum absolute atomic E-state index is 15.0. The van der Waals surface area contributed by atoms with Crippen molar-refractivity contribution in [3.63, 3.8) is 0 Å². The normalized spacial score (nSPS) is 32.4. The maximum atomic E-state index is 15.0. The summed E-state index contributed by atoms with van der Waals surface area (Å²) < 4.78 is 17.5. The van der Waals surface area contributed by atoms with Gasteiger partial charge in [-0.25, -0.2) is 0 Å². The predicted molar refractivity (Wildman–Crippen MR) is 174 cm³/mol. The molecule has 0 heterocycles. The summed E-state index contributed by atoms with van der Waals surface area (Å²) in [4.78, 5) is 53.4. The Morgan fingerprint density at radius 1 is 1.02 bits per heavy atom. The van der Waals surface area contributed by atoms with Crippen LogP contribution in [0.5, 0.6) is 0 Å². The van der Waals surface area contributed by atoms with Crippen LogP contribution in [0.4, 0.5) is 0 Å². The molecule has 46 heavy (non-hydrogen) atoms. The van der Waals surface area contributed by atoms with E-state index < -0.39 is 82.8 Å². The van der Waals surface area contributed by atoms with Gasteiger partial charge >= 0.3 is 17.9 Å². The molecule has 0 saturated heterocycles. The smallest absolute Gasteiger partial charge is 0.309 e. The van der Waals surface area contributed by atoms with Gasteiger partial charge in [0.15, 0.2) is 17.5 Å². The summed E-state index contributed by atoms with van der Waals surface area (Å²) >= 11 is 0. The highest BCUT2D eigenvalue weighted by Crippen LogP contribution is 2.62. The number of ether oxygens (including phenoxy) is 3. The molecule has 9 heteroatoms. The van der Waals surface area contributed by atoms with E-state index >= 15 is 0 Å². The highest BCUT2D eigenvalue weighted by molar-refractivity contribution is 5.95. The van der Waals surface area contributed by atoms with Gasteiger partial charge in [0.2, 0.25) is 0 Å². The summed E-state index contributed by atoms with van der Waals surface area (Å²) in [7, 11) is 0. The van der Waals surface area contributed by atoms with Crippen LogP contribution in [0.15, 0.2) is 23.3 Å². The van der Waals surface area contributed by atoms with Gasteiger partial charge in [-0.2, -0.15) is 0 Å². The first-order chi connectivity index (χ1) is 21.4. The molecule has 8 atom stereocenters. The fourth-order valence-electron chi connectivity index (χ4n) is 7.92. The number of fused-ring (bicyclic) bond motifs is 1. The number of hydrogen-bond acceptors (Lipinski definition) is 9. The molecular formula is C37H58O9. The van der Waals surface area contributed by atoms with Crippen LogP contribution in [-0.2, 0) is 33.4 Å². The second-order valence-electron chi connectivity index (χ2n) is 15.1. The molecule has 0 aromatic heterocycles. The lowest BCUT2D eigenvalue weighted by Gasteiger charge is -2.48. The number of hydrogen-bond donors (Lipinski definition) is 2. The van der Waals surface area contributed by atoms with Crippen LogP contribution >= 0.6 is 0 Å². The molecule has 0 aliphatic heterocycles. The van der Waals surface area contributed by atoms with Crippen molar-refractivity contribution in [2.75, 3.05) is 6.61 Å². The third-order valence-corrected chi connectivity index (χ3v) is 10.8. The molecule has 1 unspecified atom stereocenters. The van der Waals surface area contributed by atoms with E-state index in [1.54, 1.807) is 19.9 Å². The minimum atomic E-state index is -2.30. The van der Waals surface area contributed by atoms with Gasteiger partial charge in [0.25, 0.3) is 0 Å². The monoisotopic (exact) mass is 646 g/mol. The van der Waals surface area contributed by atoms with Crippen LogP contribution in [0.2, 0.25) is 0 Å². The third kappa shape index (κ3) is 7.30. The van der Waals surface area contributed by atoms with Gasteiger partial charge in [-0.3, -0.25) is 19.2 Å². The standard InChI is InChI=1S/C37H58O9/c1-10-11-12-13-14-15-16-17-29(39)45-33-28-18-27(21-44-26(7)38)30(40)37(43)32(46-34(42)25(6)22(2)3)23(4)19-36(37,31(28)41)24(5)20-35(33,8)9/h18-19,22,24-25,28,30,32-33,40,43H,10-17,20-21H2,1-9H3/t24-,25?,28-,30-,32+,33-,36+,37+/m1/s1. The van der Waals surface area contributed by atoms with Crippen molar-refractivity contribution >= 4 is 23.7 Å². The lowest BCUT2D eigenvalue weighted by atomic mass is 9.59. The van der Waals surface area contributed by atoms with Gasteiger partial charge < -0.3 is 24.4 Å². The number of ketones is 1. The topological polar surface area (TPSA) is 136 Å². The van der Waals surface area contributed by atoms with Crippen LogP contribution < -0.4 is 0 Å². The lowest BCUT2D eigenvalue weighted by molar-refractivity contribution is -0.205. The number of esters is 3. The van der Waals surface area contributed by atoms with Crippen molar-refractivity contribution in [1.82, 2.24) is 0 Å². The first-order valence-corrected chi connectivity index (χ1v) is 17.3. The first kappa shape index (κ1) is 37.9. The summed E-state index contributed by atoms with van der Waals surface area (Å²) in [5.41, 5.74) is -4.15. The molecule has 3 aliphatic carbocycles. The van der Waals surface area contributed by atoms with Crippen molar-refractivity contribution in [1.29, 1.82) is 0 Å². The number of carbonyl (C=O) groups excluding carboxylic acids is 4. The number of rotatable bonds is 14. The summed E-state index contributed by atoms with van der Waals surface area (Å²) in [6.45, 7) is 15.9. The summed E-state index contributed by atoms with van der Waals surface area (Å²) in [5.74, 6) is -4.12. The van der Waals surface area contributed by atoms with Crippen molar-refractivity contribution < 1.29 is 43.6 Å². The van der Waals surface area contributed by atoms with E-state index in [9.17, 15) is 29.4 Å². The van der Waals surface area contributed by atoms with E-state index in [1.807, 2.05) is 34.6 Å². The molecule has 0 aromatic carbocycles. The van der Waals surface area contributed by atoms with Crippen LogP contribution in [-0.4, -0.2) is 64.4 Å². The van der Waals surface area contributed by atoms with E-state index in [1.165, 1.54) is 32.3 Å². The zero-order valence-electron chi connectivity index (χ0n) is 29.5. The zero-order chi connectivity index (χ0) is 34.6. The van der Waals surface area contributed by atoms with Gasteiger partial charge in [-0.15, -0.1) is 0 Å². The molecule has 0 radical (unpaired) electrons. The Bertz CT molecular complexity index is 1200. The Balaban J connectivity index is 2.05. The van der Waals surface area contributed by atoms with Crippen LogP contribution in [0.25, 0.3) is 0 Å². The van der Waals surface area contributed by atoms with Crippen molar-refractivity contribution in [3.8, 4) is 0 Å². The fraction of sp³-hybridized carbons (Fsp3) is 0.784. The molecule has 260 valence electrons. The molecule has 0 aromatic rings. The Labute approximate surface area is 275 Å². The van der Waals surface area contributed by atoms with Crippen molar-refractivity contribution in [2.24, 2.45) is 34.5 Å². The summed E-state index contributed by atoms with van der Waals surface area (Å²) in [5, 5.41) is 24.9. The number of carbonyl (C=O) groups is 4. The van der Waals surface area contributed by atoms with E-state index in [0.29, 0.717) is 18.4 Å². The maximum Gasteiger partial charge on any atom is 0.309 e. The highest BCUT2D eigenvalue weighted by atomic mass is 16.6. The molecular weight excluding hydrogens is 588 g/mol. The molecule has 3 aliphatic rings. The minimum absolute atomic E-state index is 0.0413. The Hall–Kier alpha value is -2.52. The Morgan fingerprint density at radius 3 is 2.22 bits per heavy atom. The number of Topliss-reactive ketones (excluding diaryl/α,β-unsaturated/α-hetero) is 1. The van der Waals surface area contributed by atoms with Gasteiger partial charge in [-0.05, 0) is 42.7 Å². The van der Waals surface area contributed by atoms with Crippen molar-refractivity contribution in [2.45, 2.75) is 144 Å². The second-order valence-corrected chi connectivity index (χ2v) is 15.1. The number of unbranched alkanes of at least 4 members (excludes halogenated alkanes) is 6. The number of aliphatic hydroxyl groups is 2. The lowest BCUT2D eigenvalue weighted by Crippen LogP contribution is -2.66. The van der Waals surface area contributed by atoms with E-state index in [2.05, 4.69) is 6.92 Å². The molecule has 0 amide bonds. The largest absolute Gasteiger partial charge is 0.461 e. The zero-order valence-corrected chi connectivity index (χ0v) is 29.5. The van der Waals surface area contributed by atoms with Gasteiger partial charge in [-0.1, -0.05) is 99.1 Å². The number of aliphatic hydroxyl groups excluding tert-OH is 1. The van der Waals surface area contributed by atoms with Crippen LogP contribution in [0, 0.1) is 34.5 Å². The van der Waals surface area contributed by atoms with Gasteiger partial charge in [0.05, 0.1) is 17.3 Å². The summed E-state index contributed by atoms with van der Waals surface area (Å²) in [6, 6.07) is 0. The quantitative estimate of drug-likeness (QED) is 0.100. The van der Waals surface area contributed by atoms with Gasteiger partial charge in [0, 0.05) is 18.8 Å². The summed E-state index contributed by atoms with van der Waals surface area (Å²) in [6.07, 6.45) is 7.17. The average molecular weight is 647 g/mol. The SMILES string of the molecule is CCCCCCCCCC(=O)O[C@@H]1[C@@H]2C=C(COC(C)=O)[C@@H](O)[C@]3(O)[C@@H](OC(=O)C(C)C(C)C)C(C)=C[C@@]3(C2=O)[C@H](C)CC1(C)C. The molecule has 2 bridgehead atoms. The van der Waals surface area contributed by atoms with Gasteiger partial charge in [0.1, 0.15) is 18.8 Å². The Morgan fingerprint density at radius 2 is 1.63 bits per heavy atom. The molecule has 1 saturated carbocycles. The second kappa shape index (κ2) is 15.1. The van der Waals surface area contributed by atoms with Crippen LogP contribution in [0.3, 0.4) is 0 Å². The molecule has 1 fully saturated rings. The van der Waals surface area contributed by atoms with E-state index in [-0.39, 0.29) is 17.9 Å². The molecule has 9 nitrogen and oxygen atoms in total.